The second-order valence-electron chi connectivity index (χ2n) is 7.81. The molecule has 0 aliphatic carbocycles. The molecule has 138 valence electrons. The van der Waals surface area contributed by atoms with E-state index >= 15 is 0 Å². The van der Waals surface area contributed by atoms with Crippen molar-refractivity contribution >= 4 is 5.97 Å². The van der Waals surface area contributed by atoms with Gasteiger partial charge in [0.05, 0.1) is 0 Å². The molecular formula is C20H29BrN2O2. The van der Waals surface area contributed by atoms with Gasteiger partial charge in [-0.05, 0) is 31.8 Å². The summed E-state index contributed by atoms with van der Waals surface area (Å²) >= 11 is 0. The molecule has 4 fully saturated rings. The van der Waals surface area contributed by atoms with Gasteiger partial charge in [0.2, 0.25) is 0 Å². The maximum absolute atomic E-state index is 12.7. The molecule has 0 saturated carbocycles. The Labute approximate surface area is 161 Å². The van der Waals surface area contributed by atoms with Gasteiger partial charge in [-0.1, -0.05) is 36.8 Å². The number of benzene rings is 1. The molecule has 0 aromatic heterocycles. The second-order valence-corrected chi connectivity index (χ2v) is 7.81. The predicted molar refractivity (Wildman–Crippen MR) is 92.9 cm³/mol. The van der Waals surface area contributed by atoms with Gasteiger partial charge in [0, 0.05) is 24.8 Å². The lowest BCUT2D eigenvalue weighted by Crippen LogP contribution is -3.00. The van der Waals surface area contributed by atoms with Crippen molar-refractivity contribution in [2.45, 2.75) is 44.6 Å². The normalized spacial score (nSPS) is 32.0. The number of piperidine rings is 4. The predicted octanol–water partition coefficient (Wildman–Crippen LogP) is 0.306. The number of carbonyl (C=O) groups excluding carboxylic acids is 1. The van der Waals surface area contributed by atoms with Gasteiger partial charge in [-0.2, -0.15) is 0 Å². The van der Waals surface area contributed by atoms with E-state index in [1.54, 1.807) is 0 Å². The largest absolute Gasteiger partial charge is 1.00 e. The van der Waals surface area contributed by atoms with Crippen LogP contribution in [0.1, 0.15) is 50.1 Å². The maximum Gasteiger partial charge on any atom is 0.380 e. The lowest BCUT2D eigenvalue weighted by molar-refractivity contribution is -1.12. The summed E-state index contributed by atoms with van der Waals surface area (Å²) < 4.78 is 0.535. The molecule has 4 aliphatic heterocycles. The molecule has 5 rings (SSSR count). The van der Waals surface area contributed by atoms with E-state index in [0.29, 0.717) is 17.2 Å². The molecule has 4 aliphatic rings. The van der Waals surface area contributed by atoms with Crippen molar-refractivity contribution in [1.29, 1.82) is 0 Å². The molecule has 0 radical (unpaired) electrons. The monoisotopic (exact) mass is 408 g/mol. The third kappa shape index (κ3) is 4.09. The van der Waals surface area contributed by atoms with Crippen LogP contribution in [-0.4, -0.2) is 48.2 Å². The van der Waals surface area contributed by atoms with Crippen molar-refractivity contribution in [3.63, 3.8) is 0 Å². The summed E-state index contributed by atoms with van der Waals surface area (Å²) in [6, 6.07) is 11.0. The Morgan fingerprint density at radius 3 is 2.44 bits per heavy atom. The lowest BCUT2D eigenvalue weighted by Gasteiger charge is -2.50. The van der Waals surface area contributed by atoms with Gasteiger partial charge in [0.15, 0.2) is 6.04 Å². The number of rotatable bonds is 4. The highest BCUT2D eigenvalue weighted by Gasteiger charge is 2.52. The molecule has 25 heavy (non-hydrogen) atoms. The standard InChI is InChI=1S/C20H29N2O2.BrH/c23-20(16-21-11-5-2-6-12-21)24-22-13-9-17(10-14-22)15-19(22)18-7-3-1-4-8-18;/h1,3-4,7-8,17,19H,2,5-6,9-16H2;1H/q+1;/p-1. The molecule has 2 bridgehead atoms. The molecule has 1 unspecified atom stereocenters. The van der Waals surface area contributed by atoms with Crippen molar-refractivity contribution < 1.29 is 31.3 Å². The summed E-state index contributed by atoms with van der Waals surface area (Å²) in [5, 5.41) is 0. The zero-order valence-electron chi connectivity index (χ0n) is 14.9. The van der Waals surface area contributed by atoms with E-state index in [1.807, 2.05) is 0 Å². The number of hydrogen-bond donors (Lipinski definition) is 0. The molecule has 1 atom stereocenters. The molecule has 4 saturated heterocycles. The molecule has 4 nitrogen and oxygen atoms in total. The van der Waals surface area contributed by atoms with Crippen LogP contribution in [0.5, 0.6) is 0 Å². The summed E-state index contributed by atoms with van der Waals surface area (Å²) in [7, 11) is 0. The molecular weight excluding hydrogens is 380 g/mol. The second kappa shape index (κ2) is 8.19. The first-order valence-electron chi connectivity index (χ1n) is 9.62. The summed E-state index contributed by atoms with van der Waals surface area (Å²) in [5.41, 5.74) is 1.33. The Bertz CT molecular complexity index is 566. The molecule has 4 heterocycles. The summed E-state index contributed by atoms with van der Waals surface area (Å²) in [5.74, 6) is 0.772. The van der Waals surface area contributed by atoms with Gasteiger partial charge in [0.1, 0.15) is 19.6 Å². The van der Waals surface area contributed by atoms with E-state index in [-0.39, 0.29) is 23.0 Å². The zero-order valence-corrected chi connectivity index (χ0v) is 16.5. The van der Waals surface area contributed by atoms with E-state index in [2.05, 4.69) is 35.2 Å². The first-order chi connectivity index (χ1) is 11.8. The van der Waals surface area contributed by atoms with Crippen molar-refractivity contribution in [1.82, 2.24) is 4.90 Å². The van der Waals surface area contributed by atoms with Gasteiger partial charge >= 0.3 is 5.97 Å². The third-order valence-corrected chi connectivity index (χ3v) is 6.23. The van der Waals surface area contributed by atoms with Crippen molar-refractivity contribution in [2.24, 2.45) is 5.92 Å². The Morgan fingerprint density at radius 2 is 1.76 bits per heavy atom. The highest BCUT2D eigenvalue weighted by atomic mass is 79.9. The summed E-state index contributed by atoms with van der Waals surface area (Å²) in [6.07, 6.45) is 7.26. The number of likely N-dealkylation sites (tertiary alicyclic amines) is 1. The summed E-state index contributed by atoms with van der Waals surface area (Å²) in [6.45, 7) is 4.51. The molecule has 1 aromatic carbocycles. The van der Waals surface area contributed by atoms with E-state index in [0.717, 1.165) is 38.5 Å². The number of hydroxylamine groups is 3. The number of carbonyl (C=O) groups is 1. The fourth-order valence-electron chi connectivity index (χ4n) is 4.88. The van der Waals surface area contributed by atoms with Crippen LogP contribution in [0.15, 0.2) is 30.3 Å². The van der Waals surface area contributed by atoms with Gasteiger partial charge in [0.25, 0.3) is 0 Å². The smallest absolute Gasteiger partial charge is 0.380 e. The Morgan fingerprint density at radius 1 is 1.08 bits per heavy atom. The van der Waals surface area contributed by atoms with Gasteiger partial charge < -0.3 is 17.0 Å². The minimum absolute atomic E-state index is 0. The molecule has 5 heteroatoms. The first-order valence-corrected chi connectivity index (χ1v) is 9.62. The third-order valence-electron chi connectivity index (χ3n) is 6.23. The van der Waals surface area contributed by atoms with Gasteiger partial charge in [-0.25, -0.2) is 4.79 Å². The van der Waals surface area contributed by atoms with Gasteiger partial charge in [-0.3, -0.25) is 9.74 Å². The average molecular weight is 409 g/mol. The molecule has 1 aromatic rings. The zero-order chi connectivity index (χ0) is 16.4. The van der Waals surface area contributed by atoms with Gasteiger partial charge in [-0.15, -0.1) is 4.65 Å². The van der Waals surface area contributed by atoms with Crippen LogP contribution in [0.25, 0.3) is 0 Å². The van der Waals surface area contributed by atoms with Crippen molar-refractivity contribution in [3.8, 4) is 0 Å². The minimum atomic E-state index is -0.0295. The first kappa shape index (κ1) is 18.9. The quantitative estimate of drug-likeness (QED) is 0.671. The van der Waals surface area contributed by atoms with Crippen LogP contribution >= 0.6 is 0 Å². The number of hydrogen-bond acceptors (Lipinski definition) is 3. The fourth-order valence-corrected chi connectivity index (χ4v) is 4.88. The number of fused-ring (bicyclic) bond motifs is 3. The maximum atomic E-state index is 12.7. The van der Waals surface area contributed by atoms with Crippen LogP contribution in [0, 0.1) is 5.92 Å². The van der Waals surface area contributed by atoms with Crippen molar-refractivity contribution in [2.75, 3.05) is 32.7 Å². The Hall–Kier alpha value is -0.910. The van der Waals surface area contributed by atoms with Crippen LogP contribution < -0.4 is 17.0 Å². The van der Waals surface area contributed by atoms with Crippen LogP contribution in [-0.2, 0) is 9.63 Å². The fraction of sp³-hybridized carbons (Fsp3) is 0.650. The molecule has 0 N–H and O–H groups in total. The lowest BCUT2D eigenvalue weighted by atomic mass is 9.80. The highest BCUT2D eigenvalue weighted by molar-refractivity contribution is 5.71. The van der Waals surface area contributed by atoms with E-state index in [1.165, 1.54) is 37.7 Å². The molecule has 0 amide bonds. The van der Waals surface area contributed by atoms with E-state index in [4.69, 9.17) is 4.84 Å². The summed E-state index contributed by atoms with van der Waals surface area (Å²) in [4.78, 5) is 21.1. The highest BCUT2D eigenvalue weighted by Crippen LogP contribution is 2.46. The van der Waals surface area contributed by atoms with Crippen molar-refractivity contribution in [3.05, 3.63) is 35.9 Å². The van der Waals surface area contributed by atoms with E-state index in [9.17, 15) is 4.79 Å². The number of halogens is 1. The number of nitrogens with zero attached hydrogens (tertiary/aromatic N) is 2. The SMILES string of the molecule is O=C(CN1CCCCC1)O[N+]12CCC(CC1)CC2c1ccccc1.[Br-]. The van der Waals surface area contributed by atoms with Crippen LogP contribution in [0.3, 0.4) is 0 Å². The number of quaternary nitrogens is 1. The minimum Gasteiger partial charge on any atom is -1.00 e. The molecule has 0 spiro atoms. The Kier molecular flexibility index (Phi) is 6.18. The van der Waals surface area contributed by atoms with Crippen LogP contribution in [0.2, 0.25) is 0 Å². The van der Waals surface area contributed by atoms with Crippen LogP contribution in [0.4, 0.5) is 0 Å². The average Bonchev–Trinajstić information content (AvgIpc) is 2.63. The topological polar surface area (TPSA) is 29.5 Å². The Balaban J connectivity index is 0.00000182. The van der Waals surface area contributed by atoms with E-state index < -0.39 is 0 Å².